The minimum absolute atomic E-state index is 0.0223. The fraction of sp³-hybridized carbons (Fsp3) is 0.500. The van der Waals surface area contributed by atoms with E-state index in [-0.39, 0.29) is 23.5 Å². The Bertz CT molecular complexity index is 1000. The SMILES string of the molecule is CCCCOc1ccc(C(=O)N(Cc2ccc(N(CC)CC)cc2)[C@@H]2CCS(=O)(=O)C2)cc1. The summed E-state index contributed by atoms with van der Waals surface area (Å²) in [7, 11) is -3.11. The predicted molar refractivity (Wildman–Crippen MR) is 134 cm³/mol. The van der Waals surface area contributed by atoms with E-state index in [1.54, 1.807) is 17.0 Å². The van der Waals surface area contributed by atoms with Crippen LogP contribution in [0.15, 0.2) is 48.5 Å². The lowest BCUT2D eigenvalue weighted by molar-refractivity contribution is 0.0681. The Morgan fingerprint density at radius 3 is 2.21 bits per heavy atom. The Morgan fingerprint density at radius 1 is 1.00 bits per heavy atom. The summed E-state index contributed by atoms with van der Waals surface area (Å²) in [5, 5.41) is 0. The van der Waals surface area contributed by atoms with Crippen molar-refractivity contribution in [3.05, 3.63) is 59.7 Å². The average Bonchev–Trinajstić information content (AvgIpc) is 3.18. The molecule has 0 aliphatic carbocycles. The first-order chi connectivity index (χ1) is 15.9. The topological polar surface area (TPSA) is 66.9 Å². The van der Waals surface area contributed by atoms with Crippen LogP contribution in [0.1, 0.15) is 56.0 Å². The van der Waals surface area contributed by atoms with Crippen LogP contribution in [0.2, 0.25) is 0 Å². The highest BCUT2D eigenvalue weighted by molar-refractivity contribution is 7.91. The van der Waals surface area contributed by atoms with Crippen LogP contribution in [0, 0.1) is 0 Å². The standard InChI is InChI=1S/C26H36N2O4S/c1-4-7-17-32-25-14-10-22(11-15-25)26(29)28(24-16-18-33(30,31)20-24)19-21-8-12-23(13-9-21)27(5-2)6-3/h8-15,24H,4-7,16-20H2,1-3H3/t24-/m1/s1. The van der Waals surface area contributed by atoms with E-state index in [1.807, 2.05) is 24.3 Å². The molecule has 0 unspecified atom stereocenters. The first kappa shape index (κ1) is 25.1. The Morgan fingerprint density at radius 2 is 1.67 bits per heavy atom. The summed E-state index contributed by atoms with van der Waals surface area (Å²) in [5.41, 5.74) is 2.67. The van der Waals surface area contributed by atoms with Gasteiger partial charge in [-0.3, -0.25) is 4.79 Å². The smallest absolute Gasteiger partial charge is 0.254 e. The van der Waals surface area contributed by atoms with Crippen molar-refractivity contribution in [2.45, 2.75) is 52.6 Å². The number of amides is 1. The van der Waals surface area contributed by atoms with Crippen LogP contribution >= 0.6 is 0 Å². The molecule has 0 spiro atoms. The summed E-state index contributed by atoms with van der Waals surface area (Å²) in [5.74, 6) is 0.744. The van der Waals surface area contributed by atoms with Crippen LogP contribution < -0.4 is 9.64 Å². The molecule has 0 bridgehead atoms. The number of hydrogen-bond acceptors (Lipinski definition) is 5. The molecule has 0 radical (unpaired) electrons. The third-order valence-corrected chi connectivity index (χ3v) is 7.95. The molecule has 1 aliphatic rings. The monoisotopic (exact) mass is 472 g/mol. The fourth-order valence-corrected chi connectivity index (χ4v) is 5.91. The van der Waals surface area contributed by atoms with Crippen molar-refractivity contribution in [3.8, 4) is 5.75 Å². The number of ether oxygens (including phenoxy) is 1. The van der Waals surface area contributed by atoms with E-state index in [4.69, 9.17) is 4.74 Å². The van der Waals surface area contributed by atoms with Gasteiger partial charge in [-0.05, 0) is 68.7 Å². The third-order valence-electron chi connectivity index (χ3n) is 6.20. The Kier molecular flexibility index (Phi) is 8.78. The lowest BCUT2D eigenvalue weighted by Crippen LogP contribution is -2.40. The molecular formula is C26H36N2O4S. The van der Waals surface area contributed by atoms with Crippen molar-refractivity contribution in [3.63, 3.8) is 0 Å². The highest BCUT2D eigenvalue weighted by Crippen LogP contribution is 2.24. The second-order valence-electron chi connectivity index (χ2n) is 8.56. The molecule has 7 heteroatoms. The summed E-state index contributed by atoms with van der Waals surface area (Å²) >= 11 is 0. The molecule has 1 amide bonds. The van der Waals surface area contributed by atoms with Gasteiger partial charge in [0.05, 0.1) is 18.1 Å². The van der Waals surface area contributed by atoms with Crippen LogP contribution in [-0.4, -0.2) is 56.5 Å². The summed E-state index contributed by atoms with van der Waals surface area (Å²) < 4.78 is 30.0. The molecule has 0 aromatic heterocycles. The number of rotatable bonds is 11. The first-order valence-electron chi connectivity index (χ1n) is 11.9. The summed E-state index contributed by atoms with van der Waals surface area (Å²) in [4.78, 5) is 17.5. The van der Waals surface area contributed by atoms with Crippen LogP contribution in [0.5, 0.6) is 5.75 Å². The zero-order chi connectivity index (χ0) is 23.8. The van der Waals surface area contributed by atoms with E-state index >= 15 is 0 Å². The Balaban J connectivity index is 1.79. The predicted octanol–water partition coefficient (Wildman–Crippen LogP) is 4.54. The van der Waals surface area contributed by atoms with Crippen LogP contribution in [0.4, 0.5) is 5.69 Å². The van der Waals surface area contributed by atoms with Crippen molar-refractivity contribution in [2.24, 2.45) is 0 Å². The second kappa shape index (κ2) is 11.5. The van der Waals surface area contributed by atoms with Gasteiger partial charge in [0, 0.05) is 36.9 Å². The van der Waals surface area contributed by atoms with Crippen LogP contribution in [0.3, 0.4) is 0 Å². The Labute approximate surface area is 198 Å². The van der Waals surface area contributed by atoms with Gasteiger partial charge in [0.1, 0.15) is 5.75 Å². The maximum Gasteiger partial charge on any atom is 0.254 e. The van der Waals surface area contributed by atoms with Crippen molar-refractivity contribution >= 4 is 21.4 Å². The van der Waals surface area contributed by atoms with Crippen LogP contribution in [-0.2, 0) is 16.4 Å². The van der Waals surface area contributed by atoms with E-state index in [0.717, 1.165) is 42.9 Å². The third kappa shape index (κ3) is 6.73. The fourth-order valence-electron chi connectivity index (χ4n) is 4.18. The zero-order valence-corrected chi connectivity index (χ0v) is 20.8. The van der Waals surface area contributed by atoms with Crippen LogP contribution in [0.25, 0.3) is 0 Å². The number of benzene rings is 2. The van der Waals surface area contributed by atoms with Gasteiger partial charge in [-0.15, -0.1) is 0 Å². The summed E-state index contributed by atoms with van der Waals surface area (Å²) in [6.45, 7) is 9.25. The molecule has 33 heavy (non-hydrogen) atoms. The quantitative estimate of drug-likeness (QED) is 0.449. The molecule has 1 saturated heterocycles. The van der Waals surface area contributed by atoms with Gasteiger partial charge in [0.15, 0.2) is 9.84 Å². The van der Waals surface area contributed by atoms with Crippen molar-refractivity contribution in [1.82, 2.24) is 4.90 Å². The molecule has 6 nitrogen and oxygen atoms in total. The number of unbranched alkanes of at least 4 members (excludes halogenated alkanes) is 1. The highest BCUT2D eigenvalue weighted by atomic mass is 32.2. The lowest BCUT2D eigenvalue weighted by Gasteiger charge is -2.29. The van der Waals surface area contributed by atoms with Gasteiger partial charge in [-0.2, -0.15) is 0 Å². The summed E-state index contributed by atoms with van der Waals surface area (Å²) in [6, 6.07) is 15.0. The zero-order valence-electron chi connectivity index (χ0n) is 20.0. The molecule has 0 N–H and O–H groups in total. The number of hydrogen-bond donors (Lipinski definition) is 0. The van der Waals surface area contributed by atoms with E-state index in [0.29, 0.717) is 25.1 Å². The number of carbonyl (C=O) groups is 1. The van der Waals surface area contributed by atoms with Gasteiger partial charge in [-0.25, -0.2) is 8.42 Å². The normalized spacial score (nSPS) is 17.0. The highest BCUT2D eigenvalue weighted by Gasteiger charge is 2.35. The second-order valence-corrected chi connectivity index (χ2v) is 10.8. The largest absolute Gasteiger partial charge is 0.494 e. The minimum atomic E-state index is -3.11. The number of carbonyl (C=O) groups excluding carboxylic acids is 1. The minimum Gasteiger partial charge on any atom is -0.494 e. The molecule has 2 aromatic carbocycles. The Hall–Kier alpha value is -2.54. The van der Waals surface area contributed by atoms with Crippen molar-refractivity contribution < 1.29 is 17.9 Å². The van der Waals surface area contributed by atoms with Gasteiger partial charge >= 0.3 is 0 Å². The molecule has 1 aliphatic heterocycles. The molecular weight excluding hydrogens is 436 g/mol. The number of nitrogens with zero attached hydrogens (tertiary/aromatic N) is 2. The lowest BCUT2D eigenvalue weighted by atomic mass is 10.1. The van der Waals surface area contributed by atoms with Gasteiger partial charge in [0.25, 0.3) is 5.91 Å². The average molecular weight is 473 g/mol. The molecule has 180 valence electrons. The van der Waals surface area contributed by atoms with E-state index in [1.165, 1.54) is 0 Å². The number of anilines is 1. The molecule has 3 rings (SSSR count). The summed E-state index contributed by atoms with van der Waals surface area (Å²) in [6.07, 6.45) is 2.52. The maximum atomic E-state index is 13.5. The first-order valence-corrected chi connectivity index (χ1v) is 13.8. The van der Waals surface area contributed by atoms with Gasteiger partial charge in [0.2, 0.25) is 0 Å². The molecule has 2 aromatic rings. The van der Waals surface area contributed by atoms with Crippen molar-refractivity contribution in [1.29, 1.82) is 0 Å². The van der Waals surface area contributed by atoms with E-state index in [2.05, 4.69) is 37.8 Å². The molecule has 0 saturated carbocycles. The van der Waals surface area contributed by atoms with Gasteiger partial charge in [-0.1, -0.05) is 25.5 Å². The molecule has 1 atom stereocenters. The van der Waals surface area contributed by atoms with E-state index < -0.39 is 9.84 Å². The van der Waals surface area contributed by atoms with Crippen molar-refractivity contribution in [2.75, 3.05) is 36.1 Å². The van der Waals surface area contributed by atoms with E-state index in [9.17, 15) is 13.2 Å². The number of sulfone groups is 1. The van der Waals surface area contributed by atoms with Gasteiger partial charge < -0.3 is 14.5 Å². The maximum absolute atomic E-state index is 13.5. The molecule has 1 heterocycles. The molecule has 1 fully saturated rings.